The summed E-state index contributed by atoms with van der Waals surface area (Å²) in [6.07, 6.45) is 4.50. The summed E-state index contributed by atoms with van der Waals surface area (Å²) >= 11 is 0. The minimum absolute atomic E-state index is 0. The molecule has 28 heavy (non-hydrogen) atoms. The first-order valence-electron chi connectivity index (χ1n) is 9.63. The smallest absolute Gasteiger partial charge is 0.306 e. The number of hydrogen-bond acceptors (Lipinski definition) is 4. The Morgan fingerprint density at radius 1 is 1.11 bits per heavy atom. The molecule has 1 aromatic rings. The van der Waals surface area contributed by atoms with Gasteiger partial charge in [0, 0.05) is 26.6 Å². The highest BCUT2D eigenvalue weighted by atomic mass is 127. The van der Waals surface area contributed by atoms with E-state index in [4.69, 9.17) is 9.47 Å². The Balaban J connectivity index is 0.00000729. The zero-order valence-electron chi connectivity index (χ0n) is 17.8. The van der Waals surface area contributed by atoms with Crippen LogP contribution in [0.4, 0.5) is 0 Å². The summed E-state index contributed by atoms with van der Waals surface area (Å²) in [7, 11) is 3.43. The fraction of sp³-hybridized carbons (Fsp3) is 0.619. The second kappa shape index (κ2) is 14.5. The molecule has 0 aliphatic heterocycles. The van der Waals surface area contributed by atoms with Crippen LogP contribution >= 0.6 is 24.0 Å². The number of aliphatic imine (C=N–C) groups is 1. The molecule has 7 heteroatoms. The molecule has 1 rings (SSSR count). The monoisotopic (exact) mass is 505 g/mol. The fourth-order valence-corrected chi connectivity index (χ4v) is 2.54. The Morgan fingerprint density at radius 2 is 1.82 bits per heavy atom. The molecule has 1 aromatic carbocycles. The molecule has 0 radical (unpaired) electrons. The van der Waals surface area contributed by atoms with Crippen LogP contribution in [0.2, 0.25) is 0 Å². The van der Waals surface area contributed by atoms with E-state index < -0.39 is 5.60 Å². The summed E-state index contributed by atoms with van der Waals surface area (Å²) in [6, 6.07) is 7.96. The third-order valence-corrected chi connectivity index (χ3v) is 3.84. The van der Waals surface area contributed by atoms with Crippen LogP contribution in [-0.2, 0) is 16.1 Å². The number of benzene rings is 1. The molecule has 0 aliphatic rings. The van der Waals surface area contributed by atoms with Gasteiger partial charge in [-0.3, -0.25) is 9.79 Å². The minimum atomic E-state index is -0.394. The lowest BCUT2D eigenvalue weighted by Crippen LogP contribution is -2.37. The predicted molar refractivity (Wildman–Crippen MR) is 126 cm³/mol. The van der Waals surface area contributed by atoms with Crippen molar-refractivity contribution in [3.63, 3.8) is 0 Å². The average molecular weight is 505 g/mol. The predicted octanol–water partition coefficient (Wildman–Crippen LogP) is 4.27. The van der Waals surface area contributed by atoms with Crippen molar-refractivity contribution in [2.24, 2.45) is 4.99 Å². The van der Waals surface area contributed by atoms with Crippen LogP contribution in [0.5, 0.6) is 5.75 Å². The van der Waals surface area contributed by atoms with E-state index in [-0.39, 0.29) is 29.9 Å². The number of guanidine groups is 1. The zero-order chi connectivity index (χ0) is 20.1. The largest absolute Gasteiger partial charge is 0.497 e. The van der Waals surface area contributed by atoms with E-state index in [1.807, 2.05) is 45.0 Å². The number of unbranched alkanes of at least 4 members (excludes halogenated alkanes) is 3. The summed E-state index contributed by atoms with van der Waals surface area (Å²) in [5, 5.41) is 6.61. The second-order valence-corrected chi connectivity index (χ2v) is 7.45. The number of nitrogens with zero attached hydrogens (tertiary/aromatic N) is 1. The third kappa shape index (κ3) is 12.8. The van der Waals surface area contributed by atoms with Gasteiger partial charge in [-0.2, -0.15) is 0 Å². The second-order valence-electron chi connectivity index (χ2n) is 7.45. The molecule has 0 aliphatic carbocycles. The zero-order valence-corrected chi connectivity index (χ0v) is 20.2. The lowest BCUT2D eigenvalue weighted by atomic mass is 10.1. The van der Waals surface area contributed by atoms with Gasteiger partial charge in [-0.15, -0.1) is 24.0 Å². The molecule has 2 N–H and O–H groups in total. The standard InChI is InChI=1S/C21H35N3O3.HI/c1-21(2,3)27-19(25)13-8-6-7-9-14-23-20(22-4)24-16-17-11-10-12-18(15-17)26-5;/h10-12,15H,6-9,13-14,16H2,1-5H3,(H2,22,23,24);1H. The number of methoxy groups -OCH3 is 1. The number of rotatable bonds is 10. The van der Waals surface area contributed by atoms with Gasteiger partial charge in [-0.25, -0.2) is 0 Å². The third-order valence-electron chi connectivity index (χ3n) is 3.84. The van der Waals surface area contributed by atoms with Gasteiger partial charge in [0.2, 0.25) is 0 Å². The molecule has 0 unspecified atom stereocenters. The lowest BCUT2D eigenvalue weighted by molar-refractivity contribution is -0.154. The van der Waals surface area contributed by atoms with Gasteiger partial charge in [0.15, 0.2) is 5.96 Å². The molecule has 6 nitrogen and oxygen atoms in total. The summed E-state index contributed by atoms with van der Waals surface area (Å²) in [6.45, 7) is 7.22. The maximum atomic E-state index is 11.6. The topological polar surface area (TPSA) is 72.0 Å². The van der Waals surface area contributed by atoms with Gasteiger partial charge in [-0.05, 0) is 51.3 Å². The van der Waals surface area contributed by atoms with Crippen molar-refractivity contribution in [1.82, 2.24) is 10.6 Å². The van der Waals surface area contributed by atoms with Crippen molar-refractivity contribution in [1.29, 1.82) is 0 Å². The van der Waals surface area contributed by atoms with E-state index in [1.54, 1.807) is 14.2 Å². The Kier molecular flexibility index (Phi) is 13.7. The van der Waals surface area contributed by atoms with Crippen molar-refractivity contribution in [2.75, 3.05) is 20.7 Å². The molecule has 160 valence electrons. The van der Waals surface area contributed by atoms with Gasteiger partial charge < -0.3 is 20.1 Å². The van der Waals surface area contributed by atoms with Crippen LogP contribution in [0.3, 0.4) is 0 Å². The van der Waals surface area contributed by atoms with Crippen molar-refractivity contribution >= 4 is 35.9 Å². The van der Waals surface area contributed by atoms with E-state index in [9.17, 15) is 4.79 Å². The van der Waals surface area contributed by atoms with Gasteiger partial charge in [0.1, 0.15) is 11.4 Å². The summed E-state index contributed by atoms with van der Waals surface area (Å²) in [4.78, 5) is 15.9. The molecule has 0 amide bonds. The maximum Gasteiger partial charge on any atom is 0.306 e. The van der Waals surface area contributed by atoms with Gasteiger partial charge in [0.25, 0.3) is 0 Å². The van der Waals surface area contributed by atoms with Crippen molar-refractivity contribution < 1.29 is 14.3 Å². The minimum Gasteiger partial charge on any atom is -0.497 e. The fourth-order valence-electron chi connectivity index (χ4n) is 2.54. The summed E-state index contributed by atoms with van der Waals surface area (Å²) < 4.78 is 10.5. The Hall–Kier alpha value is -1.51. The van der Waals surface area contributed by atoms with Gasteiger partial charge in [-0.1, -0.05) is 25.0 Å². The summed E-state index contributed by atoms with van der Waals surface area (Å²) in [5.41, 5.74) is 0.744. The highest BCUT2D eigenvalue weighted by Crippen LogP contribution is 2.12. The van der Waals surface area contributed by atoms with Crippen molar-refractivity contribution in [3.05, 3.63) is 29.8 Å². The number of carbonyl (C=O) groups is 1. The average Bonchev–Trinajstić information content (AvgIpc) is 2.62. The van der Waals surface area contributed by atoms with Crippen LogP contribution < -0.4 is 15.4 Å². The lowest BCUT2D eigenvalue weighted by Gasteiger charge is -2.19. The van der Waals surface area contributed by atoms with Gasteiger partial charge in [0.05, 0.1) is 7.11 Å². The van der Waals surface area contributed by atoms with E-state index in [2.05, 4.69) is 15.6 Å². The molecular formula is C21H36IN3O3. The summed E-state index contributed by atoms with van der Waals surface area (Å²) in [5.74, 6) is 1.53. The highest BCUT2D eigenvalue weighted by molar-refractivity contribution is 14.0. The van der Waals surface area contributed by atoms with E-state index in [0.717, 1.165) is 49.5 Å². The van der Waals surface area contributed by atoms with Crippen LogP contribution in [0.25, 0.3) is 0 Å². The first-order valence-corrected chi connectivity index (χ1v) is 9.63. The number of esters is 1. The first kappa shape index (κ1) is 26.5. The van der Waals surface area contributed by atoms with E-state index in [1.165, 1.54) is 0 Å². The van der Waals surface area contributed by atoms with Crippen LogP contribution in [0.1, 0.15) is 58.4 Å². The number of hydrogen-bond donors (Lipinski definition) is 2. The van der Waals surface area contributed by atoms with Crippen LogP contribution in [0, 0.1) is 0 Å². The Morgan fingerprint density at radius 3 is 2.46 bits per heavy atom. The molecule has 0 bridgehead atoms. The highest BCUT2D eigenvalue weighted by Gasteiger charge is 2.15. The normalized spacial score (nSPS) is 11.4. The number of ether oxygens (including phenoxy) is 2. The molecule has 0 aromatic heterocycles. The number of nitrogens with one attached hydrogen (secondary N) is 2. The molecule has 0 saturated carbocycles. The molecular weight excluding hydrogens is 469 g/mol. The molecule has 0 fully saturated rings. The van der Waals surface area contributed by atoms with Crippen molar-refractivity contribution in [2.45, 2.75) is 65.0 Å². The van der Waals surface area contributed by atoms with Crippen LogP contribution in [-0.4, -0.2) is 38.2 Å². The Labute approximate surface area is 186 Å². The van der Waals surface area contributed by atoms with Gasteiger partial charge >= 0.3 is 5.97 Å². The Bertz CT molecular complexity index is 601. The van der Waals surface area contributed by atoms with E-state index >= 15 is 0 Å². The van der Waals surface area contributed by atoms with E-state index in [0.29, 0.717) is 13.0 Å². The van der Waals surface area contributed by atoms with Crippen LogP contribution in [0.15, 0.2) is 29.3 Å². The van der Waals surface area contributed by atoms with Crippen molar-refractivity contribution in [3.8, 4) is 5.75 Å². The first-order chi connectivity index (χ1) is 12.8. The number of carbonyl (C=O) groups excluding carboxylic acids is 1. The molecule has 0 heterocycles. The quantitative estimate of drug-likeness (QED) is 0.163. The number of halogens is 1. The molecule has 0 spiro atoms. The SMILES string of the molecule is CN=C(NCCCCCCC(=O)OC(C)(C)C)NCc1cccc(OC)c1.I. The molecule has 0 saturated heterocycles. The maximum absolute atomic E-state index is 11.6. The molecule has 0 atom stereocenters.